The number of aliphatic hydroxyl groups excluding tert-OH is 1. The van der Waals surface area contributed by atoms with Crippen molar-refractivity contribution in [2.45, 2.75) is 6.35 Å². The Labute approximate surface area is 66.0 Å². The molecule has 1 aliphatic heterocycles. The maximum atomic E-state index is 8.77. The topological polar surface area (TPSA) is 70.6 Å². The lowest BCUT2D eigenvalue weighted by molar-refractivity contribution is 0.162. The second-order valence-electron chi connectivity index (χ2n) is 1.55. The van der Waals surface area contributed by atoms with Crippen LogP contribution in [0.5, 0.6) is 0 Å². The van der Waals surface area contributed by atoms with Crippen LogP contribution >= 0.6 is 22.6 Å². The highest BCUT2D eigenvalue weighted by Gasteiger charge is 2.07. The van der Waals surface area contributed by atoms with Gasteiger partial charge in [-0.25, -0.2) is 4.99 Å². The number of nitrogens with zero attached hydrogens (tertiary/aromatic N) is 1. The molecule has 1 aliphatic rings. The lowest BCUT2D eigenvalue weighted by atomic mass is 10.5. The van der Waals surface area contributed by atoms with Crippen molar-refractivity contribution in [3.8, 4) is 0 Å². The lowest BCUT2D eigenvalue weighted by Gasteiger charge is -2.12. The molecule has 0 saturated heterocycles. The number of halogens is 1. The number of nitrogens with one attached hydrogen (secondary N) is 1. The van der Waals surface area contributed by atoms with E-state index in [2.05, 4.69) is 10.3 Å². The summed E-state index contributed by atoms with van der Waals surface area (Å²) in [5.74, 6) is 0.377. The SMILES string of the molecule is NC1=NC(O)NC=C1I. The fourth-order valence-electron chi connectivity index (χ4n) is 0.452. The van der Waals surface area contributed by atoms with Gasteiger partial charge >= 0.3 is 0 Å². The van der Waals surface area contributed by atoms with Crippen LogP contribution in [0.4, 0.5) is 0 Å². The van der Waals surface area contributed by atoms with Crippen molar-refractivity contribution >= 4 is 28.4 Å². The van der Waals surface area contributed by atoms with Crippen molar-refractivity contribution in [2.24, 2.45) is 10.7 Å². The predicted molar refractivity (Wildman–Crippen MR) is 42.9 cm³/mol. The molecule has 1 heterocycles. The summed E-state index contributed by atoms with van der Waals surface area (Å²) < 4.78 is 0.818. The average molecular weight is 239 g/mol. The van der Waals surface area contributed by atoms with Gasteiger partial charge in [-0.05, 0) is 22.6 Å². The number of nitrogens with two attached hydrogens (primary N) is 1. The Kier molecular flexibility index (Phi) is 1.91. The number of amidine groups is 1. The van der Waals surface area contributed by atoms with Crippen LogP contribution in [-0.2, 0) is 0 Å². The van der Waals surface area contributed by atoms with E-state index in [1.54, 1.807) is 6.20 Å². The first-order valence-electron chi connectivity index (χ1n) is 2.33. The predicted octanol–water partition coefficient (Wildman–Crippen LogP) is -0.501. The van der Waals surface area contributed by atoms with Crippen molar-refractivity contribution < 1.29 is 5.11 Å². The Morgan fingerprint density at radius 1 is 1.89 bits per heavy atom. The van der Waals surface area contributed by atoms with Crippen LogP contribution in [0.3, 0.4) is 0 Å². The number of hydrogen-bond acceptors (Lipinski definition) is 4. The highest BCUT2D eigenvalue weighted by Crippen LogP contribution is 2.07. The molecule has 1 unspecified atom stereocenters. The van der Waals surface area contributed by atoms with Gasteiger partial charge in [-0.1, -0.05) is 0 Å². The Morgan fingerprint density at radius 2 is 2.56 bits per heavy atom. The summed E-state index contributed by atoms with van der Waals surface area (Å²) in [4.78, 5) is 3.63. The van der Waals surface area contributed by atoms with Crippen LogP contribution in [0, 0.1) is 0 Å². The second kappa shape index (κ2) is 2.53. The van der Waals surface area contributed by atoms with Crippen LogP contribution in [0.15, 0.2) is 14.8 Å². The third-order valence-electron chi connectivity index (χ3n) is 0.865. The van der Waals surface area contributed by atoms with E-state index in [0.29, 0.717) is 5.84 Å². The molecule has 9 heavy (non-hydrogen) atoms. The van der Waals surface area contributed by atoms with E-state index in [1.165, 1.54) is 0 Å². The van der Waals surface area contributed by atoms with Gasteiger partial charge in [0.2, 0.25) is 6.35 Å². The van der Waals surface area contributed by atoms with Gasteiger partial charge in [-0.3, -0.25) is 0 Å². The minimum absolute atomic E-state index is 0.377. The normalized spacial score (nSPS) is 26.2. The van der Waals surface area contributed by atoms with Crippen molar-refractivity contribution in [1.29, 1.82) is 0 Å². The van der Waals surface area contributed by atoms with Crippen LogP contribution < -0.4 is 11.1 Å². The third-order valence-corrected chi connectivity index (χ3v) is 1.73. The summed E-state index contributed by atoms with van der Waals surface area (Å²) in [6, 6.07) is 0. The quantitative estimate of drug-likeness (QED) is 0.499. The summed E-state index contributed by atoms with van der Waals surface area (Å²) in [7, 11) is 0. The average Bonchev–Trinajstić information content (AvgIpc) is 1.80. The number of aliphatic imine (C=N–C) groups is 1. The van der Waals surface area contributed by atoms with Crippen LogP contribution in [0.25, 0.3) is 0 Å². The van der Waals surface area contributed by atoms with Crippen molar-refractivity contribution in [3.63, 3.8) is 0 Å². The van der Waals surface area contributed by atoms with Gasteiger partial charge in [0.15, 0.2) is 0 Å². The number of rotatable bonds is 0. The van der Waals surface area contributed by atoms with Crippen LogP contribution in [0.2, 0.25) is 0 Å². The minimum Gasteiger partial charge on any atom is -0.383 e. The maximum absolute atomic E-state index is 8.77. The maximum Gasteiger partial charge on any atom is 0.224 e. The van der Waals surface area contributed by atoms with Gasteiger partial charge in [0.05, 0.1) is 3.58 Å². The molecular formula is C4H6IN3O. The highest BCUT2D eigenvalue weighted by molar-refractivity contribution is 14.1. The Bertz CT molecular complexity index is 177. The van der Waals surface area contributed by atoms with E-state index in [0.717, 1.165) is 3.58 Å². The molecule has 0 fully saturated rings. The minimum atomic E-state index is -0.872. The van der Waals surface area contributed by atoms with Gasteiger partial charge in [-0.2, -0.15) is 0 Å². The van der Waals surface area contributed by atoms with E-state index in [4.69, 9.17) is 10.8 Å². The highest BCUT2D eigenvalue weighted by atomic mass is 127. The summed E-state index contributed by atoms with van der Waals surface area (Å²) in [5.41, 5.74) is 5.34. The van der Waals surface area contributed by atoms with Gasteiger partial charge < -0.3 is 16.2 Å². The number of hydrogen-bond donors (Lipinski definition) is 3. The molecule has 0 saturated carbocycles. The van der Waals surface area contributed by atoms with Gasteiger partial charge in [-0.15, -0.1) is 0 Å². The zero-order chi connectivity index (χ0) is 6.85. The monoisotopic (exact) mass is 239 g/mol. The van der Waals surface area contributed by atoms with Crippen molar-refractivity contribution in [1.82, 2.24) is 5.32 Å². The number of aliphatic hydroxyl groups is 1. The Morgan fingerprint density at radius 3 is 3.00 bits per heavy atom. The molecule has 0 amide bonds. The molecule has 1 atom stereocenters. The van der Waals surface area contributed by atoms with Crippen molar-refractivity contribution in [2.75, 3.05) is 0 Å². The summed E-state index contributed by atoms with van der Waals surface area (Å²) >= 11 is 2.02. The first-order valence-corrected chi connectivity index (χ1v) is 3.41. The molecule has 0 bridgehead atoms. The lowest BCUT2D eigenvalue weighted by Crippen LogP contribution is -2.30. The molecule has 0 aliphatic carbocycles. The molecule has 4 N–H and O–H groups in total. The van der Waals surface area contributed by atoms with Crippen LogP contribution in [0.1, 0.15) is 0 Å². The fourth-order valence-corrected chi connectivity index (χ4v) is 0.771. The third kappa shape index (κ3) is 1.55. The Hall–Kier alpha value is -0.300. The second-order valence-corrected chi connectivity index (χ2v) is 2.71. The van der Waals surface area contributed by atoms with Gasteiger partial charge in [0, 0.05) is 6.20 Å². The fraction of sp³-hybridized carbons (Fsp3) is 0.250. The van der Waals surface area contributed by atoms with E-state index in [-0.39, 0.29) is 0 Å². The summed E-state index contributed by atoms with van der Waals surface area (Å²) in [5, 5.41) is 11.4. The van der Waals surface area contributed by atoms with E-state index in [9.17, 15) is 0 Å². The summed E-state index contributed by atoms with van der Waals surface area (Å²) in [6.45, 7) is 0. The van der Waals surface area contributed by atoms with Crippen molar-refractivity contribution in [3.05, 3.63) is 9.78 Å². The largest absolute Gasteiger partial charge is 0.383 e. The molecule has 1 rings (SSSR count). The van der Waals surface area contributed by atoms with E-state index < -0.39 is 6.35 Å². The summed E-state index contributed by atoms with van der Waals surface area (Å²) in [6.07, 6.45) is 0.747. The Balaban J connectivity index is 2.75. The zero-order valence-electron chi connectivity index (χ0n) is 4.50. The van der Waals surface area contributed by atoms with Gasteiger partial charge in [0.25, 0.3) is 0 Å². The first kappa shape index (κ1) is 6.81. The molecule has 0 spiro atoms. The molecule has 0 radical (unpaired) electrons. The molecule has 5 heteroatoms. The standard InChI is InChI=1S/C4H6IN3O/c5-2-1-7-4(9)8-3(2)6/h1,4,7,9H,(H2,6,8). The molecular weight excluding hydrogens is 233 g/mol. The first-order chi connectivity index (χ1) is 4.20. The molecule has 0 aromatic rings. The van der Waals surface area contributed by atoms with E-state index in [1.807, 2.05) is 22.6 Å². The van der Waals surface area contributed by atoms with E-state index >= 15 is 0 Å². The molecule has 0 aromatic heterocycles. The molecule has 50 valence electrons. The van der Waals surface area contributed by atoms with Gasteiger partial charge in [0.1, 0.15) is 5.84 Å². The van der Waals surface area contributed by atoms with Crippen LogP contribution in [-0.4, -0.2) is 17.3 Å². The molecule has 4 nitrogen and oxygen atoms in total. The zero-order valence-corrected chi connectivity index (χ0v) is 6.66. The smallest absolute Gasteiger partial charge is 0.224 e. The molecule has 0 aromatic carbocycles.